The number of imidazole rings is 1. The maximum atomic E-state index is 10.6. The van der Waals surface area contributed by atoms with E-state index in [9.17, 15) is 8.42 Å². The molecule has 0 radical (unpaired) electrons. The van der Waals surface area contributed by atoms with Crippen LogP contribution in [0.25, 0.3) is 11.0 Å². The fraction of sp³-hybridized carbons (Fsp3) is 0.125. The van der Waals surface area contributed by atoms with Crippen LogP contribution in [0.5, 0.6) is 0 Å². The first-order valence-electron chi connectivity index (χ1n) is 3.92. The van der Waals surface area contributed by atoms with Crippen LogP contribution in [-0.2, 0) is 15.9 Å². The van der Waals surface area contributed by atoms with Gasteiger partial charge in [0.15, 0.2) is 0 Å². The maximum absolute atomic E-state index is 10.6. The van der Waals surface area contributed by atoms with Crippen molar-refractivity contribution in [3.63, 3.8) is 0 Å². The van der Waals surface area contributed by atoms with Crippen molar-refractivity contribution in [3.8, 4) is 0 Å². The summed E-state index contributed by atoms with van der Waals surface area (Å²) in [5.41, 5.74) is 2.06. The Morgan fingerprint density at radius 1 is 1.43 bits per heavy atom. The van der Waals surface area contributed by atoms with Crippen LogP contribution in [-0.4, -0.2) is 22.9 Å². The zero-order chi connectivity index (χ0) is 10.2. The molecule has 0 spiro atoms. The Hall–Kier alpha value is -1.40. The Morgan fingerprint density at radius 2 is 2.21 bits per heavy atom. The van der Waals surface area contributed by atoms with E-state index in [1.54, 1.807) is 18.2 Å². The number of nitrogens with one attached hydrogen (secondary N) is 1. The summed E-state index contributed by atoms with van der Waals surface area (Å²) in [5, 5.41) is 0. The Bertz CT molecular complexity index is 559. The molecule has 1 heterocycles. The molecule has 0 atom stereocenters. The second-order valence-corrected chi connectivity index (χ2v) is 4.43. The molecule has 74 valence electrons. The van der Waals surface area contributed by atoms with Crippen LogP contribution in [0.3, 0.4) is 0 Å². The van der Waals surface area contributed by atoms with Crippen molar-refractivity contribution >= 4 is 21.2 Å². The van der Waals surface area contributed by atoms with Crippen LogP contribution in [0.1, 0.15) is 5.56 Å². The van der Waals surface area contributed by atoms with E-state index in [1.807, 2.05) is 0 Å². The van der Waals surface area contributed by atoms with Gasteiger partial charge in [-0.25, -0.2) is 4.98 Å². The average Bonchev–Trinajstić information content (AvgIpc) is 2.47. The topological polar surface area (TPSA) is 83.1 Å². The molecule has 0 saturated heterocycles. The zero-order valence-corrected chi connectivity index (χ0v) is 7.95. The van der Waals surface area contributed by atoms with Crippen molar-refractivity contribution in [2.75, 3.05) is 0 Å². The summed E-state index contributed by atoms with van der Waals surface area (Å²) < 4.78 is 29.8. The van der Waals surface area contributed by atoms with Crippen molar-refractivity contribution in [2.45, 2.75) is 5.75 Å². The van der Waals surface area contributed by atoms with Crippen molar-refractivity contribution in [3.05, 3.63) is 30.1 Å². The van der Waals surface area contributed by atoms with E-state index in [2.05, 4.69) is 9.97 Å². The lowest BCUT2D eigenvalue weighted by atomic mass is 10.2. The lowest BCUT2D eigenvalue weighted by Crippen LogP contribution is -2.01. The summed E-state index contributed by atoms with van der Waals surface area (Å²) in [4.78, 5) is 6.85. The molecule has 0 aliphatic heterocycles. The number of nitrogens with zero attached hydrogens (tertiary/aromatic N) is 1. The van der Waals surface area contributed by atoms with Gasteiger partial charge in [0.05, 0.1) is 17.4 Å². The van der Waals surface area contributed by atoms with Crippen molar-refractivity contribution in [2.24, 2.45) is 0 Å². The molecule has 2 N–H and O–H groups in total. The van der Waals surface area contributed by atoms with E-state index in [0.717, 1.165) is 11.0 Å². The van der Waals surface area contributed by atoms with Gasteiger partial charge in [-0.2, -0.15) is 8.42 Å². The molecule has 1 aromatic carbocycles. The first-order valence-corrected chi connectivity index (χ1v) is 5.53. The summed E-state index contributed by atoms with van der Waals surface area (Å²) in [6, 6.07) is 4.97. The van der Waals surface area contributed by atoms with Crippen LogP contribution in [0.2, 0.25) is 0 Å². The smallest absolute Gasteiger partial charge is 0.269 e. The van der Waals surface area contributed by atoms with Crippen LogP contribution < -0.4 is 0 Å². The van der Waals surface area contributed by atoms with Crippen LogP contribution >= 0.6 is 0 Å². The van der Waals surface area contributed by atoms with Crippen LogP contribution in [0.15, 0.2) is 24.5 Å². The molecular formula is C8H8N2O3S. The third kappa shape index (κ3) is 1.91. The number of rotatable bonds is 2. The first kappa shape index (κ1) is 9.17. The van der Waals surface area contributed by atoms with Crippen molar-refractivity contribution in [1.82, 2.24) is 9.97 Å². The summed E-state index contributed by atoms with van der Waals surface area (Å²) in [6.07, 6.45) is 1.53. The normalized spacial score (nSPS) is 12.1. The molecule has 0 bridgehead atoms. The van der Waals surface area contributed by atoms with E-state index < -0.39 is 10.1 Å². The predicted octanol–water partition coefficient (Wildman–Crippen LogP) is 0.951. The summed E-state index contributed by atoms with van der Waals surface area (Å²) in [6.45, 7) is 0. The van der Waals surface area contributed by atoms with E-state index >= 15 is 0 Å². The number of aromatic nitrogens is 2. The molecular weight excluding hydrogens is 204 g/mol. The third-order valence-corrected chi connectivity index (χ3v) is 2.53. The van der Waals surface area contributed by atoms with Gasteiger partial charge < -0.3 is 4.98 Å². The molecule has 5 nitrogen and oxygen atoms in total. The Morgan fingerprint density at radius 3 is 2.93 bits per heavy atom. The van der Waals surface area contributed by atoms with Gasteiger partial charge in [0, 0.05) is 0 Å². The number of aromatic amines is 1. The van der Waals surface area contributed by atoms with Crippen LogP contribution in [0.4, 0.5) is 0 Å². The van der Waals surface area contributed by atoms with E-state index in [4.69, 9.17) is 4.55 Å². The summed E-state index contributed by atoms with van der Waals surface area (Å²) in [5.74, 6) is -0.373. The molecule has 2 rings (SSSR count). The molecule has 0 amide bonds. The van der Waals surface area contributed by atoms with E-state index in [0.29, 0.717) is 5.56 Å². The van der Waals surface area contributed by atoms with E-state index in [1.165, 1.54) is 6.33 Å². The molecule has 0 aliphatic rings. The molecule has 1 aromatic heterocycles. The quantitative estimate of drug-likeness (QED) is 0.726. The van der Waals surface area contributed by atoms with Crippen molar-refractivity contribution < 1.29 is 13.0 Å². The molecule has 6 heteroatoms. The summed E-state index contributed by atoms with van der Waals surface area (Å²) >= 11 is 0. The number of hydrogen-bond donors (Lipinski definition) is 2. The Labute approximate surface area is 80.5 Å². The summed E-state index contributed by atoms with van der Waals surface area (Å²) in [7, 11) is -3.96. The maximum Gasteiger partial charge on any atom is 0.269 e. The molecule has 14 heavy (non-hydrogen) atoms. The van der Waals surface area contributed by atoms with Gasteiger partial charge in [-0.3, -0.25) is 4.55 Å². The fourth-order valence-corrected chi connectivity index (χ4v) is 1.88. The number of hydrogen-bond acceptors (Lipinski definition) is 3. The molecule has 2 aromatic rings. The third-order valence-electron chi connectivity index (χ3n) is 1.83. The molecule has 0 unspecified atom stereocenters. The minimum atomic E-state index is -3.96. The van der Waals surface area contributed by atoms with Gasteiger partial charge in [0.25, 0.3) is 10.1 Å². The van der Waals surface area contributed by atoms with Gasteiger partial charge in [0.1, 0.15) is 5.75 Å². The van der Waals surface area contributed by atoms with Crippen molar-refractivity contribution in [1.29, 1.82) is 0 Å². The second-order valence-electron chi connectivity index (χ2n) is 2.98. The average molecular weight is 212 g/mol. The van der Waals surface area contributed by atoms with Gasteiger partial charge in [0.2, 0.25) is 0 Å². The fourth-order valence-electron chi connectivity index (χ4n) is 1.28. The van der Waals surface area contributed by atoms with Crippen LogP contribution in [0, 0.1) is 0 Å². The van der Waals surface area contributed by atoms with Gasteiger partial charge in [-0.1, -0.05) is 6.07 Å². The minimum Gasteiger partial charge on any atom is -0.345 e. The highest BCUT2D eigenvalue weighted by molar-refractivity contribution is 7.85. The lowest BCUT2D eigenvalue weighted by Gasteiger charge is -1.97. The predicted molar refractivity (Wildman–Crippen MR) is 51.3 cm³/mol. The Kier molecular flexibility index (Phi) is 2.01. The van der Waals surface area contributed by atoms with Gasteiger partial charge in [-0.15, -0.1) is 0 Å². The highest BCUT2D eigenvalue weighted by Gasteiger charge is 2.07. The van der Waals surface area contributed by atoms with Gasteiger partial charge >= 0.3 is 0 Å². The highest BCUT2D eigenvalue weighted by atomic mass is 32.2. The molecule has 0 saturated carbocycles. The van der Waals surface area contributed by atoms with E-state index in [-0.39, 0.29) is 5.75 Å². The number of benzene rings is 1. The molecule has 0 fully saturated rings. The number of fused-ring (bicyclic) bond motifs is 1. The molecule has 0 aliphatic carbocycles. The first-order chi connectivity index (χ1) is 6.54. The standard InChI is InChI=1S/C8H8N2O3S/c11-14(12,13)4-6-1-2-7-8(3-6)10-5-9-7/h1-3,5H,4H2,(H,9,10)(H,11,12,13). The SMILES string of the molecule is O=S(=O)(O)Cc1ccc2nc[nH]c2c1. The monoisotopic (exact) mass is 212 g/mol. The lowest BCUT2D eigenvalue weighted by molar-refractivity contribution is 0.482. The minimum absolute atomic E-state index is 0.373. The number of H-pyrrole nitrogens is 1. The Balaban J connectivity index is 2.44. The largest absolute Gasteiger partial charge is 0.345 e. The zero-order valence-electron chi connectivity index (χ0n) is 7.14. The van der Waals surface area contributed by atoms with Gasteiger partial charge in [-0.05, 0) is 17.7 Å². The highest BCUT2D eigenvalue weighted by Crippen LogP contribution is 2.13. The second kappa shape index (κ2) is 3.07.